The summed E-state index contributed by atoms with van der Waals surface area (Å²) < 4.78 is 10.5. The lowest BCUT2D eigenvalue weighted by molar-refractivity contribution is -0.381. The van der Waals surface area contributed by atoms with Gasteiger partial charge in [0.15, 0.2) is 0 Å². The normalized spacial score (nSPS) is 9.76. The van der Waals surface area contributed by atoms with E-state index in [9.17, 15) is 19.7 Å². The SMILES string of the molecule is CCOC(=O)c1csc([N+](=O)[O-])c1Br.CCOC(=O)c1cscc1Br. The highest BCUT2D eigenvalue weighted by Gasteiger charge is 2.23. The van der Waals surface area contributed by atoms with Gasteiger partial charge in [0.05, 0.1) is 29.3 Å². The summed E-state index contributed by atoms with van der Waals surface area (Å²) in [6, 6.07) is 0. The summed E-state index contributed by atoms with van der Waals surface area (Å²) in [4.78, 5) is 32.2. The van der Waals surface area contributed by atoms with Crippen LogP contribution in [-0.2, 0) is 9.47 Å². The van der Waals surface area contributed by atoms with Gasteiger partial charge in [-0.2, -0.15) is 11.3 Å². The minimum atomic E-state index is -0.552. The van der Waals surface area contributed by atoms with Crippen LogP contribution in [-0.4, -0.2) is 30.1 Å². The fraction of sp³-hybridized carbons (Fsp3) is 0.286. The van der Waals surface area contributed by atoms with Crippen molar-refractivity contribution in [2.24, 2.45) is 0 Å². The second-order valence-corrected chi connectivity index (χ2v) is 7.35. The van der Waals surface area contributed by atoms with Crippen LogP contribution in [0, 0.1) is 10.1 Å². The first-order valence-electron chi connectivity index (χ1n) is 6.80. The second kappa shape index (κ2) is 10.6. The number of carbonyl (C=O) groups is 2. The third-order valence-corrected chi connectivity index (χ3v) is 6.18. The molecule has 0 saturated heterocycles. The van der Waals surface area contributed by atoms with E-state index in [2.05, 4.69) is 31.9 Å². The van der Waals surface area contributed by atoms with Gasteiger partial charge in [0.1, 0.15) is 4.47 Å². The predicted molar refractivity (Wildman–Crippen MR) is 103 cm³/mol. The lowest BCUT2D eigenvalue weighted by atomic mass is 10.3. The maximum absolute atomic E-state index is 11.2. The van der Waals surface area contributed by atoms with E-state index in [4.69, 9.17) is 9.47 Å². The fourth-order valence-electron chi connectivity index (χ4n) is 1.44. The molecular weight excluding hydrogens is 502 g/mol. The summed E-state index contributed by atoms with van der Waals surface area (Å²) in [5.74, 6) is -0.815. The predicted octanol–water partition coefficient (Wildman–Crippen LogP) is 5.28. The minimum absolute atomic E-state index is 0.0898. The zero-order chi connectivity index (χ0) is 19.0. The molecular formula is C14H13Br2NO6S2. The summed E-state index contributed by atoms with van der Waals surface area (Å²) in [5, 5.41) is 15.4. The number of thiophene rings is 2. The van der Waals surface area contributed by atoms with Gasteiger partial charge in [-0.3, -0.25) is 10.1 Å². The maximum atomic E-state index is 11.2. The molecule has 0 amide bonds. The Balaban J connectivity index is 0.000000257. The molecule has 0 unspecified atom stereocenters. The lowest BCUT2D eigenvalue weighted by Gasteiger charge is -1.98. The van der Waals surface area contributed by atoms with Crippen molar-refractivity contribution >= 4 is 71.5 Å². The molecule has 0 aliphatic rings. The van der Waals surface area contributed by atoms with Crippen molar-refractivity contribution < 1.29 is 24.0 Å². The molecule has 0 aromatic carbocycles. The average Bonchev–Trinajstić information content (AvgIpc) is 3.14. The molecule has 0 fully saturated rings. The van der Waals surface area contributed by atoms with Crippen molar-refractivity contribution in [2.45, 2.75) is 13.8 Å². The van der Waals surface area contributed by atoms with Crippen molar-refractivity contribution in [1.82, 2.24) is 0 Å². The fourth-order valence-corrected chi connectivity index (χ4v) is 4.46. The zero-order valence-electron chi connectivity index (χ0n) is 13.1. The van der Waals surface area contributed by atoms with Gasteiger partial charge in [-0.1, -0.05) is 11.3 Å². The Morgan fingerprint density at radius 2 is 1.64 bits per heavy atom. The van der Waals surface area contributed by atoms with Gasteiger partial charge in [0.2, 0.25) is 0 Å². The summed E-state index contributed by atoms with van der Waals surface area (Å²) in [6.45, 7) is 4.13. The smallest absolute Gasteiger partial charge is 0.340 e. The Hall–Kier alpha value is -1.30. The Bertz CT molecular complexity index is 758. The molecule has 0 bridgehead atoms. The third kappa shape index (κ3) is 6.17. The molecule has 2 heterocycles. The molecule has 25 heavy (non-hydrogen) atoms. The summed E-state index contributed by atoms with van der Waals surface area (Å²) >= 11 is 8.60. The van der Waals surface area contributed by atoms with Crippen LogP contribution in [0.25, 0.3) is 0 Å². The maximum Gasteiger partial charge on any atom is 0.340 e. The van der Waals surface area contributed by atoms with Gasteiger partial charge in [0.25, 0.3) is 0 Å². The Labute approximate surface area is 168 Å². The highest BCUT2D eigenvalue weighted by Crippen LogP contribution is 2.35. The minimum Gasteiger partial charge on any atom is -0.462 e. The van der Waals surface area contributed by atoms with Crippen LogP contribution in [0.1, 0.15) is 34.6 Å². The Morgan fingerprint density at radius 1 is 1.08 bits per heavy atom. The van der Waals surface area contributed by atoms with Crippen LogP contribution >= 0.6 is 54.5 Å². The molecule has 2 aromatic heterocycles. The van der Waals surface area contributed by atoms with Gasteiger partial charge in [-0.25, -0.2) is 9.59 Å². The van der Waals surface area contributed by atoms with Gasteiger partial charge in [-0.05, 0) is 45.7 Å². The van der Waals surface area contributed by atoms with Crippen molar-refractivity contribution in [1.29, 1.82) is 0 Å². The lowest BCUT2D eigenvalue weighted by Crippen LogP contribution is -2.03. The summed E-state index contributed by atoms with van der Waals surface area (Å²) in [7, 11) is 0. The molecule has 0 aliphatic heterocycles. The topological polar surface area (TPSA) is 95.7 Å². The number of ether oxygens (including phenoxy) is 2. The van der Waals surface area contributed by atoms with Crippen LogP contribution in [0.3, 0.4) is 0 Å². The van der Waals surface area contributed by atoms with E-state index in [1.807, 2.05) is 5.38 Å². The zero-order valence-corrected chi connectivity index (χ0v) is 17.9. The van der Waals surface area contributed by atoms with E-state index in [0.717, 1.165) is 15.8 Å². The molecule has 7 nitrogen and oxygen atoms in total. The van der Waals surface area contributed by atoms with Crippen molar-refractivity contribution in [3.05, 3.63) is 46.3 Å². The molecule has 2 rings (SSSR count). The number of hydrogen-bond acceptors (Lipinski definition) is 8. The Morgan fingerprint density at radius 3 is 2.04 bits per heavy atom. The molecule has 136 valence electrons. The molecule has 0 atom stereocenters. The average molecular weight is 515 g/mol. The van der Waals surface area contributed by atoms with Gasteiger partial charge >= 0.3 is 16.9 Å². The van der Waals surface area contributed by atoms with E-state index in [-0.39, 0.29) is 27.6 Å². The summed E-state index contributed by atoms with van der Waals surface area (Å²) in [5.41, 5.74) is 0.806. The summed E-state index contributed by atoms with van der Waals surface area (Å²) in [6.07, 6.45) is 0. The van der Waals surface area contributed by atoms with Crippen molar-refractivity contribution in [3.8, 4) is 0 Å². The highest BCUT2D eigenvalue weighted by molar-refractivity contribution is 9.11. The van der Waals surface area contributed by atoms with E-state index in [1.54, 1.807) is 19.2 Å². The van der Waals surface area contributed by atoms with Gasteiger partial charge in [0, 0.05) is 20.6 Å². The van der Waals surface area contributed by atoms with Crippen LogP contribution in [0.5, 0.6) is 0 Å². The van der Waals surface area contributed by atoms with Gasteiger partial charge in [-0.15, -0.1) is 0 Å². The number of nitro groups is 1. The molecule has 0 radical (unpaired) electrons. The molecule has 0 N–H and O–H groups in total. The number of carbonyl (C=O) groups excluding carboxylic acids is 2. The van der Waals surface area contributed by atoms with Crippen LogP contribution in [0.4, 0.5) is 5.00 Å². The monoisotopic (exact) mass is 513 g/mol. The van der Waals surface area contributed by atoms with E-state index < -0.39 is 10.9 Å². The Kier molecular flexibility index (Phi) is 9.25. The first-order valence-corrected chi connectivity index (χ1v) is 10.2. The highest BCUT2D eigenvalue weighted by atomic mass is 79.9. The molecule has 0 spiro atoms. The standard InChI is InChI=1S/C7H6BrNO4S.C7H7BrO2S/c1-2-13-7(10)4-3-14-6(5(4)8)9(11)12;1-2-10-7(9)5-3-11-4-6(5)8/h3H,2H2,1H3;3-4H,2H2,1H3. The second-order valence-electron chi connectivity index (χ2n) is 4.10. The molecule has 0 aliphatic carbocycles. The van der Waals surface area contributed by atoms with E-state index in [0.29, 0.717) is 12.2 Å². The van der Waals surface area contributed by atoms with E-state index in [1.165, 1.54) is 16.7 Å². The van der Waals surface area contributed by atoms with Crippen molar-refractivity contribution in [2.75, 3.05) is 13.2 Å². The number of rotatable bonds is 5. The number of esters is 2. The largest absolute Gasteiger partial charge is 0.462 e. The van der Waals surface area contributed by atoms with Crippen LogP contribution in [0.15, 0.2) is 25.1 Å². The molecule has 2 aromatic rings. The molecule has 11 heteroatoms. The first kappa shape index (κ1) is 21.7. The third-order valence-electron chi connectivity index (χ3n) is 2.48. The van der Waals surface area contributed by atoms with Crippen LogP contribution < -0.4 is 0 Å². The number of halogens is 2. The molecule has 0 saturated carbocycles. The number of hydrogen-bond donors (Lipinski definition) is 0. The van der Waals surface area contributed by atoms with Gasteiger partial charge < -0.3 is 9.47 Å². The van der Waals surface area contributed by atoms with E-state index >= 15 is 0 Å². The first-order chi connectivity index (χ1) is 11.8. The quantitative estimate of drug-likeness (QED) is 0.306. The number of nitrogens with zero attached hydrogens (tertiary/aromatic N) is 1. The van der Waals surface area contributed by atoms with Crippen molar-refractivity contribution in [3.63, 3.8) is 0 Å². The van der Waals surface area contributed by atoms with Crippen LogP contribution in [0.2, 0.25) is 0 Å².